The molecular weight excluding hydrogens is 342 g/mol. The van der Waals surface area contributed by atoms with Gasteiger partial charge in [-0.1, -0.05) is 19.1 Å². The van der Waals surface area contributed by atoms with Gasteiger partial charge in [0.2, 0.25) is 0 Å². The Labute approximate surface area is 160 Å². The predicted octanol–water partition coefficient (Wildman–Crippen LogP) is 2.62. The molecule has 2 aliphatic rings. The van der Waals surface area contributed by atoms with E-state index >= 15 is 0 Å². The molecule has 27 heavy (non-hydrogen) atoms. The fraction of sp³-hybridized carbons (Fsp3) is 0.600. The van der Waals surface area contributed by atoms with Gasteiger partial charge in [-0.2, -0.15) is 0 Å². The Bertz CT molecular complexity index is 787. The largest absolute Gasteiger partial charge is 0.377 e. The molecule has 0 atom stereocenters. The van der Waals surface area contributed by atoms with Gasteiger partial charge in [0, 0.05) is 49.5 Å². The number of rotatable bonds is 5. The van der Waals surface area contributed by atoms with Crippen molar-refractivity contribution in [3.63, 3.8) is 0 Å². The third kappa shape index (κ3) is 3.94. The molecule has 0 bridgehead atoms. The van der Waals surface area contributed by atoms with Gasteiger partial charge < -0.3 is 19.3 Å². The molecule has 4 rings (SSSR count). The molecule has 3 heterocycles. The highest BCUT2D eigenvalue weighted by atomic mass is 16.7. The lowest BCUT2D eigenvalue weighted by molar-refractivity contribution is -0.227. The molecule has 1 aromatic carbocycles. The van der Waals surface area contributed by atoms with Crippen molar-refractivity contribution < 1.29 is 9.47 Å². The Morgan fingerprint density at radius 1 is 1.19 bits per heavy atom. The second kappa shape index (κ2) is 7.13. The maximum absolute atomic E-state index is 5.81. The van der Waals surface area contributed by atoms with Crippen LogP contribution in [0.1, 0.15) is 20.3 Å². The minimum atomic E-state index is -0.269. The summed E-state index contributed by atoms with van der Waals surface area (Å²) < 4.78 is 13.4. The lowest BCUT2D eigenvalue weighted by Crippen LogP contribution is -2.39. The topological polar surface area (TPSA) is 55.7 Å². The van der Waals surface area contributed by atoms with Gasteiger partial charge in [0.1, 0.15) is 5.69 Å². The van der Waals surface area contributed by atoms with Crippen LogP contribution in [0.4, 0.5) is 11.4 Å². The van der Waals surface area contributed by atoms with E-state index in [0.29, 0.717) is 19.8 Å². The summed E-state index contributed by atoms with van der Waals surface area (Å²) in [6, 6.07) is 6.56. The van der Waals surface area contributed by atoms with E-state index in [1.54, 1.807) is 4.68 Å². The van der Waals surface area contributed by atoms with E-state index in [9.17, 15) is 0 Å². The minimum absolute atomic E-state index is 0.0723. The summed E-state index contributed by atoms with van der Waals surface area (Å²) in [7, 11) is 4.13. The molecule has 2 aliphatic heterocycles. The normalized spacial score (nSPS) is 19.8. The maximum Gasteiger partial charge on any atom is 0.177 e. The molecule has 7 heteroatoms. The van der Waals surface area contributed by atoms with Gasteiger partial charge in [0.05, 0.1) is 26.0 Å². The van der Waals surface area contributed by atoms with Crippen LogP contribution in [0.2, 0.25) is 0 Å². The fourth-order valence-corrected chi connectivity index (χ4v) is 3.37. The molecule has 1 aromatic heterocycles. The second-order valence-electron chi connectivity index (χ2n) is 8.48. The number of hydrogen-bond donors (Lipinski definition) is 0. The first-order chi connectivity index (χ1) is 12.9. The van der Waals surface area contributed by atoms with E-state index in [-0.39, 0.29) is 11.7 Å². The lowest BCUT2D eigenvalue weighted by atomic mass is 9.96. The molecule has 146 valence electrons. The van der Waals surface area contributed by atoms with Crippen LogP contribution >= 0.6 is 0 Å². The minimum Gasteiger partial charge on any atom is -0.377 e. The van der Waals surface area contributed by atoms with Gasteiger partial charge in [-0.15, -0.1) is 5.10 Å². The van der Waals surface area contributed by atoms with E-state index < -0.39 is 0 Å². The summed E-state index contributed by atoms with van der Waals surface area (Å²) >= 11 is 0. The van der Waals surface area contributed by atoms with Crippen LogP contribution in [-0.4, -0.2) is 61.7 Å². The van der Waals surface area contributed by atoms with Crippen molar-refractivity contribution in [1.82, 2.24) is 15.0 Å². The molecule has 0 amide bonds. The quantitative estimate of drug-likeness (QED) is 0.805. The summed E-state index contributed by atoms with van der Waals surface area (Å²) in [4.78, 5) is 4.53. The van der Waals surface area contributed by atoms with Crippen molar-refractivity contribution in [3.8, 4) is 11.3 Å². The van der Waals surface area contributed by atoms with Crippen molar-refractivity contribution in [2.24, 2.45) is 5.41 Å². The Morgan fingerprint density at radius 2 is 1.93 bits per heavy atom. The van der Waals surface area contributed by atoms with Crippen molar-refractivity contribution >= 4 is 11.4 Å². The number of ether oxygens (including phenoxy) is 2. The fourth-order valence-electron chi connectivity index (χ4n) is 3.37. The van der Waals surface area contributed by atoms with Gasteiger partial charge in [-0.3, -0.25) is 0 Å². The Kier molecular flexibility index (Phi) is 4.82. The average molecular weight is 371 g/mol. The molecule has 7 nitrogen and oxygen atoms in total. The van der Waals surface area contributed by atoms with Crippen LogP contribution in [-0.2, 0) is 16.0 Å². The van der Waals surface area contributed by atoms with Crippen molar-refractivity contribution in [2.45, 2.75) is 33.1 Å². The van der Waals surface area contributed by atoms with E-state index in [0.717, 1.165) is 30.0 Å². The molecule has 0 aliphatic carbocycles. The first kappa shape index (κ1) is 18.3. The van der Waals surface area contributed by atoms with Crippen molar-refractivity contribution in [2.75, 3.05) is 50.2 Å². The molecule has 0 N–H and O–H groups in total. The van der Waals surface area contributed by atoms with Crippen LogP contribution in [0.5, 0.6) is 0 Å². The molecule has 2 aromatic rings. The number of nitrogens with zero attached hydrogens (tertiary/aromatic N) is 5. The monoisotopic (exact) mass is 371 g/mol. The van der Waals surface area contributed by atoms with Crippen molar-refractivity contribution in [3.05, 3.63) is 24.4 Å². The number of benzene rings is 1. The van der Waals surface area contributed by atoms with E-state index in [2.05, 4.69) is 66.3 Å². The number of hydrogen-bond acceptors (Lipinski definition) is 6. The van der Waals surface area contributed by atoms with E-state index in [1.165, 1.54) is 12.1 Å². The van der Waals surface area contributed by atoms with E-state index in [4.69, 9.17) is 9.47 Å². The zero-order valence-electron chi connectivity index (χ0n) is 16.7. The predicted molar refractivity (Wildman–Crippen MR) is 106 cm³/mol. The van der Waals surface area contributed by atoms with Crippen LogP contribution in [0.15, 0.2) is 24.4 Å². The van der Waals surface area contributed by atoms with Crippen LogP contribution in [0.3, 0.4) is 0 Å². The van der Waals surface area contributed by atoms with Crippen LogP contribution in [0, 0.1) is 5.41 Å². The summed E-state index contributed by atoms with van der Waals surface area (Å²) in [6.07, 6.45) is 2.98. The maximum atomic E-state index is 5.81. The summed E-state index contributed by atoms with van der Waals surface area (Å²) in [5.74, 6) is 0. The van der Waals surface area contributed by atoms with Crippen molar-refractivity contribution in [1.29, 1.82) is 0 Å². The highest BCUT2D eigenvalue weighted by Crippen LogP contribution is 2.34. The average Bonchev–Trinajstić information content (AvgIpc) is 3.03. The van der Waals surface area contributed by atoms with Crippen LogP contribution < -0.4 is 9.80 Å². The second-order valence-corrected chi connectivity index (χ2v) is 8.48. The molecule has 0 saturated carbocycles. The lowest BCUT2D eigenvalue weighted by Gasteiger charge is -2.34. The van der Waals surface area contributed by atoms with Gasteiger partial charge in [0.25, 0.3) is 0 Å². The molecule has 2 fully saturated rings. The number of anilines is 2. The molecular formula is C20H29N5O2. The Hall–Kier alpha value is -2.12. The highest BCUT2D eigenvalue weighted by Gasteiger charge is 2.28. The van der Waals surface area contributed by atoms with Crippen LogP contribution in [0.25, 0.3) is 11.3 Å². The molecule has 0 radical (unpaired) electrons. The van der Waals surface area contributed by atoms with Gasteiger partial charge in [-0.25, -0.2) is 4.68 Å². The third-order valence-electron chi connectivity index (χ3n) is 5.15. The third-order valence-corrected chi connectivity index (χ3v) is 5.15. The zero-order valence-corrected chi connectivity index (χ0v) is 16.7. The highest BCUT2D eigenvalue weighted by molar-refractivity contribution is 5.79. The SMILES string of the molecule is CN(C)c1cc(N2CCC2)ccc1-c1cn(CC2OCC(C)(C)CO2)nn1. The van der Waals surface area contributed by atoms with E-state index in [1.807, 2.05) is 6.20 Å². The first-order valence-corrected chi connectivity index (χ1v) is 9.61. The Morgan fingerprint density at radius 3 is 2.56 bits per heavy atom. The van der Waals surface area contributed by atoms with Gasteiger partial charge in [0.15, 0.2) is 6.29 Å². The summed E-state index contributed by atoms with van der Waals surface area (Å²) in [5.41, 5.74) is 4.45. The zero-order chi connectivity index (χ0) is 19.0. The standard InChI is InChI=1S/C20H29N5O2/c1-20(2)13-26-19(27-14-20)12-25-11-17(21-22-25)16-7-6-15(24-8-5-9-24)10-18(16)23(3)4/h6-7,10-11,19H,5,8-9,12-14H2,1-4H3. The summed E-state index contributed by atoms with van der Waals surface area (Å²) in [6.45, 7) is 8.50. The van der Waals surface area contributed by atoms with Gasteiger partial charge in [-0.05, 0) is 24.6 Å². The number of aromatic nitrogens is 3. The van der Waals surface area contributed by atoms with Gasteiger partial charge >= 0.3 is 0 Å². The first-order valence-electron chi connectivity index (χ1n) is 9.61. The molecule has 0 unspecified atom stereocenters. The molecule has 2 saturated heterocycles. The smallest absolute Gasteiger partial charge is 0.177 e. The molecule has 0 spiro atoms. The summed E-state index contributed by atoms with van der Waals surface area (Å²) in [5, 5.41) is 8.68. The Balaban J connectivity index is 1.50.